The fraction of sp³-hybridized carbons (Fsp3) is 0.435. The van der Waals surface area contributed by atoms with Gasteiger partial charge in [0.15, 0.2) is 11.5 Å². The van der Waals surface area contributed by atoms with E-state index in [4.69, 9.17) is 14.2 Å². The molecular formula is C23H32N2O4. The maximum Gasteiger partial charge on any atom is 0.315 e. The summed E-state index contributed by atoms with van der Waals surface area (Å²) in [5.41, 5.74) is 3.03. The van der Waals surface area contributed by atoms with Gasteiger partial charge in [-0.15, -0.1) is 0 Å². The number of aryl methyl sites for hydroxylation is 1. The minimum absolute atomic E-state index is 0.111. The number of benzene rings is 2. The third-order valence-corrected chi connectivity index (χ3v) is 5.01. The zero-order valence-corrected chi connectivity index (χ0v) is 18.3. The van der Waals surface area contributed by atoms with E-state index < -0.39 is 0 Å². The van der Waals surface area contributed by atoms with Crippen LogP contribution >= 0.6 is 0 Å². The number of amides is 2. The number of hydrogen-bond acceptors (Lipinski definition) is 4. The summed E-state index contributed by atoms with van der Waals surface area (Å²) in [4.78, 5) is 12.7. The van der Waals surface area contributed by atoms with Crippen molar-refractivity contribution < 1.29 is 19.0 Å². The van der Waals surface area contributed by atoms with E-state index in [2.05, 4.69) is 24.5 Å². The molecule has 6 heteroatoms. The van der Waals surface area contributed by atoms with Crippen molar-refractivity contribution in [3.05, 3.63) is 53.1 Å². The standard InChI is InChI=1S/C23H32N2O4/c1-14(2)22(17-8-10-18(27-5)11-9-17)25-23(26)24-16(4)19-13-21(29-7)20(28-6)12-15(19)3/h8-14,16,22H,1-7H3,(H2,24,25,26). The quantitative estimate of drug-likeness (QED) is 0.669. The van der Waals surface area contributed by atoms with Gasteiger partial charge in [0, 0.05) is 0 Å². The molecule has 2 aromatic carbocycles. The van der Waals surface area contributed by atoms with Crippen molar-refractivity contribution in [1.82, 2.24) is 10.6 Å². The maximum atomic E-state index is 12.7. The average Bonchev–Trinajstić information content (AvgIpc) is 2.71. The van der Waals surface area contributed by atoms with Crippen molar-refractivity contribution in [2.24, 2.45) is 5.92 Å². The maximum absolute atomic E-state index is 12.7. The predicted octanol–water partition coefficient (Wildman–Crippen LogP) is 4.78. The number of ether oxygens (including phenoxy) is 3. The molecule has 6 nitrogen and oxygen atoms in total. The molecule has 2 atom stereocenters. The van der Waals surface area contributed by atoms with Gasteiger partial charge in [-0.1, -0.05) is 26.0 Å². The Morgan fingerprint density at radius 2 is 1.45 bits per heavy atom. The molecule has 0 aliphatic carbocycles. The Hall–Kier alpha value is -2.89. The summed E-state index contributed by atoms with van der Waals surface area (Å²) >= 11 is 0. The fourth-order valence-electron chi connectivity index (χ4n) is 3.37. The van der Waals surface area contributed by atoms with Crippen LogP contribution in [0.2, 0.25) is 0 Å². The van der Waals surface area contributed by atoms with Crippen molar-refractivity contribution >= 4 is 6.03 Å². The average molecular weight is 401 g/mol. The van der Waals surface area contributed by atoms with Crippen molar-refractivity contribution in [2.45, 2.75) is 39.8 Å². The minimum atomic E-state index is -0.221. The van der Waals surface area contributed by atoms with Gasteiger partial charge in [0.05, 0.1) is 33.4 Å². The number of carbonyl (C=O) groups is 1. The van der Waals surface area contributed by atoms with E-state index >= 15 is 0 Å². The largest absolute Gasteiger partial charge is 0.497 e. The second-order valence-corrected chi connectivity index (χ2v) is 7.40. The van der Waals surface area contributed by atoms with Gasteiger partial charge in [-0.05, 0) is 60.7 Å². The summed E-state index contributed by atoms with van der Waals surface area (Å²) in [6, 6.07) is 11.1. The molecule has 0 heterocycles. The van der Waals surface area contributed by atoms with Crippen LogP contribution in [0.1, 0.15) is 49.5 Å². The molecule has 2 amide bonds. The number of hydrogen-bond donors (Lipinski definition) is 2. The first-order valence-electron chi connectivity index (χ1n) is 9.74. The van der Waals surface area contributed by atoms with E-state index in [1.165, 1.54) is 0 Å². The topological polar surface area (TPSA) is 68.8 Å². The molecule has 2 N–H and O–H groups in total. The molecular weight excluding hydrogens is 368 g/mol. The van der Waals surface area contributed by atoms with Crippen molar-refractivity contribution in [1.29, 1.82) is 0 Å². The first kappa shape index (κ1) is 22.4. The van der Waals surface area contributed by atoms with Crippen LogP contribution in [0, 0.1) is 12.8 Å². The van der Waals surface area contributed by atoms with Crippen LogP contribution < -0.4 is 24.8 Å². The summed E-state index contributed by atoms with van der Waals surface area (Å²) < 4.78 is 16.0. The van der Waals surface area contributed by atoms with E-state index in [0.29, 0.717) is 11.5 Å². The molecule has 2 aromatic rings. The second kappa shape index (κ2) is 10.0. The first-order chi connectivity index (χ1) is 13.8. The molecule has 2 unspecified atom stereocenters. The highest BCUT2D eigenvalue weighted by molar-refractivity contribution is 5.75. The van der Waals surface area contributed by atoms with Crippen LogP contribution in [-0.2, 0) is 0 Å². The van der Waals surface area contributed by atoms with Gasteiger partial charge in [0.25, 0.3) is 0 Å². The molecule has 0 aliphatic rings. The molecule has 0 saturated heterocycles. The monoisotopic (exact) mass is 400 g/mol. The molecule has 0 fully saturated rings. The summed E-state index contributed by atoms with van der Waals surface area (Å²) in [6.07, 6.45) is 0. The van der Waals surface area contributed by atoms with Crippen LogP contribution in [0.3, 0.4) is 0 Å². The lowest BCUT2D eigenvalue weighted by molar-refractivity contribution is 0.230. The Balaban J connectivity index is 2.13. The van der Waals surface area contributed by atoms with Gasteiger partial charge in [-0.2, -0.15) is 0 Å². The third-order valence-electron chi connectivity index (χ3n) is 5.01. The second-order valence-electron chi connectivity index (χ2n) is 7.40. The molecule has 0 saturated carbocycles. The zero-order chi connectivity index (χ0) is 21.6. The molecule has 0 aromatic heterocycles. The minimum Gasteiger partial charge on any atom is -0.497 e. The van der Waals surface area contributed by atoms with Gasteiger partial charge in [0.1, 0.15) is 5.75 Å². The van der Waals surface area contributed by atoms with Crippen molar-refractivity contribution in [3.8, 4) is 17.2 Å². The normalized spacial score (nSPS) is 12.8. The summed E-state index contributed by atoms with van der Waals surface area (Å²) in [6.45, 7) is 8.10. The molecule has 2 rings (SSSR count). The number of carbonyl (C=O) groups excluding carboxylic acids is 1. The number of rotatable bonds is 8. The third kappa shape index (κ3) is 5.56. The number of urea groups is 1. The zero-order valence-electron chi connectivity index (χ0n) is 18.3. The highest BCUT2D eigenvalue weighted by Gasteiger charge is 2.21. The first-order valence-corrected chi connectivity index (χ1v) is 9.74. The molecule has 158 valence electrons. The smallest absolute Gasteiger partial charge is 0.315 e. The SMILES string of the molecule is COc1ccc(C(NC(=O)NC(C)c2cc(OC)c(OC)cc2C)C(C)C)cc1. The highest BCUT2D eigenvalue weighted by Crippen LogP contribution is 2.33. The van der Waals surface area contributed by atoms with Crippen LogP contribution in [0.5, 0.6) is 17.2 Å². The predicted molar refractivity (Wildman–Crippen MR) is 115 cm³/mol. The summed E-state index contributed by atoms with van der Waals surface area (Å²) in [7, 11) is 4.85. The Morgan fingerprint density at radius 1 is 0.862 bits per heavy atom. The lowest BCUT2D eigenvalue weighted by atomic mass is 9.96. The van der Waals surface area contributed by atoms with Gasteiger partial charge in [0.2, 0.25) is 0 Å². The Labute approximate surface area is 173 Å². The lowest BCUT2D eigenvalue weighted by Crippen LogP contribution is -2.41. The van der Waals surface area contributed by atoms with Crippen LogP contribution in [-0.4, -0.2) is 27.4 Å². The number of nitrogens with one attached hydrogen (secondary N) is 2. The molecule has 0 bridgehead atoms. The van der Waals surface area contributed by atoms with E-state index in [0.717, 1.165) is 22.4 Å². The molecule has 0 spiro atoms. The Bertz CT molecular complexity index is 818. The molecule has 29 heavy (non-hydrogen) atoms. The van der Waals surface area contributed by atoms with Gasteiger partial charge in [-0.25, -0.2) is 4.79 Å². The Morgan fingerprint density at radius 3 is 1.97 bits per heavy atom. The highest BCUT2D eigenvalue weighted by atomic mass is 16.5. The molecule has 0 aliphatic heterocycles. The fourth-order valence-corrected chi connectivity index (χ4v) is 3.37. The van der Waals surface area contributed by atoms with E-state index in [1.54, 1.807) is 21.3 Å². The van der Waals surface area contributed by atoms with Crippen LogP contribution in [0.25, 0.3) is 0 Å². The molecule has 0 radical (unpaired) electrons. The van der Waals surface area contributed by atoms with Crippen molar-refractivity contribution in [2.75, 3.05) is 21.3 Å². The van der Waals surface area contributed by atoms with Crippen molar-refractivity contribution in [3.63, 3.8) is 0 Å². The van der Waals surface area contributed by atoms with Crippen LogP contribution in [0.4, 0.5) is 4.79 Å². The van der Waals surface area contributed by atoms with E-state index in [1.807, 2.05) is 50.2 Å². The van der Waals surface area contributed by atoms with Gasteiger partial charge < -0.3 is 24.8 Å². The van der Waals surface area contributed by atoms with E-state index in [-0.39, 0.29) is 24.0 Å². The number of methoxy groups -OCH3 is 3. The van der Waals surface area contributed by atoms with Gasteiger partial charge >= 0.3 is 6.03 Å². The Kier molecular flexibility index (Phi) is 7.76. The summed E-state index contributed by atoms with van der Waals surface area (Å²) in [5.74, 6) is 2.33. The van der Waals surface area contributed by atoms with Crippen LogP contribution in [0.15, 0.2) is 36.4 Å². The van der Waals surface area contributed by atoms with E-state index in [9.17, 15) is 4.79 Å². The van der Waals surface area contributed by atoms with Gasteiger partial charge in [-0.3, -0.25) is 0 Å². The summed E-state index contributed by atoms with van der Waals surface area (Å²) in [5, 5.41) is 6.13. The lowest BCUT2D eigenvalue weighted by Gasteiger charge is -2.25.